The summed E-state index contributed by atoms with van der Waals surface area (Å²) in [6, 6.07) is 5.80. The number of nitrogens with two attached hydrogens (primary N) is 1. The van der Waals surface area contributed by atoms with Gasteiger partial charge >= 0.3 is 0 Å². The van der Waals surface area contributed by atoms with Crippen LogP contribution in [0.2, 0.25) is 0 Å². The molecule has 3 N–H and O–H groups in total. The number of nitrogens with zero attached hydrogens (tertiary/aromatic N) is 2. The predicted octanol–water partition coefficient (Wildman–Crippen LogP) is 1.66. The van der Waals surface area contributed by atoms with E-state index in [1.165, 1.54) is 37.7 Å². The zero-order chi connectivity index (χ0) is 17.0. The van der Waals surface area contributed by atoms with Gasteiger partial charge in [0.25, 0.3) is 15.9 Å². The second kappa shape index (κ2) is 6.69. The first-order chi connectivity index (χ1) is 10.8. The SMILES string of the molecule is COc1c(NS(=O)(=O)c2ccc(N)cc2)ncnc1OC(C)C. The highest BCUT2D eigenvalue weighted by Gasteiger charge is 2.21. The minimum absolute atomic E-state index is 0.00465. The smallest absolute Gasteiger partial charge is 0.263 e. The fourth-order valence-corrected chi connectivity index (χ4v) is 2.77. The minimum Gasteiger partial charge on any atom is -0.489 e. The fraction of sp³-hybridized carbons (Fsp3) is 0.286. The lowest BCUT2D eigenvalue weighted by atomic mass is 10.3. The summed E-state index contributed by atoms with van der Waals surface area (Å²) in [4.78, 5) is 7.92. The number of anilines is 2. The average molecular weight is 338 g/mol. The van der Waals surface area contributed by atoms with Gasteiger partial charge in [-0.3, -0.25) is 4.72 Å². The lowest BCUT2D eigenvalue weighted by Gasteiger charge is -2.15. The molecule has 1 aromatic heterocycles. The molecule has 0 fully saturated rings. The van der Waals surface area contributed by atoms with E-state index in [1.54, 1.807) is 0 Å². The summed E-state index contributed by atoms with van der Waals surface area (Å²) in [7, 11) is -2.46. The zero-order valence-electron chi connectivity index (χ0n) is 13.0. The maximum Gasteiger partial charge on any atom is 0.263 e. The van der Waals surface area contributed by atoms with Gasteiger partial charge < -0.3 is 15.2 Å². The molecule has 0 aliphatic heterocycles. The van der Waals surface area contributed by atoms with E-state index in [2.05, 4.69) is 14.7 Å². The third-order valence-electron chi connectivity index (χ3n) is 2.74. The van der Waals surface area contributed by atoms with Gasteiger partial charge in [0, 0.05) is 5.69 Å². The molecule has 1 aromatic carbocycles. The van der Waals surface area contributed by atoms with Gasteiger partial charge in [-0.05, 0) is 38.1 Å². The molecule has 0 saturated carbocycles. The monoisotopic (exact) mass is 338 g/mol. The van der Waals surface area contributed by atoms with Crippen molar-refractivity contribution in [2.24, 2.45) is 0 Å². The van der Waals surface area contributed by atoms with Gasteiger partial charge in [-0.25, -0.2) is 13.4 Å². The van der Waals surface area contributed by atoms with Crippen LogP contribution in [-0.2, 0) is 10.0 Å². The summed E-state index contributed by atoms with van der Waals surface area (Å²) in [5.74, 6) is 0.266. The van der Waals surface area contributed by atoms with E-state index in [9.17, 15) is 8.42 Å². The van der Waals surface area contributed by atoms with Crippen molar-refractivity contribution in [2.75, 3.05) is 17.6 Å². The van der Waals surface area contributed by atoms with Crippen LogP contribution in [0.4, 0.5) is 11.5 Å². The minimum atomic E-state index is -3.84. The quantitative estimate of drug-likeness (QED) is 0.769. The van der Waals surface area contributed by atoms with Gasteiger partial charge in [-0.15, -0.1) is 0 Å². The van der Waals surface area contributed by atoms with E-state index >= 15 is 0 Å². The van der Waals surface area contributed by atoms with Crippen molar-refractivity contribution in [3.8, 4) is 11.6 Å². The molecule has 124 valence electrons. The van der Waals surface area contributed by atoms with Gasteiger partial charge in [0.15, 0.2) is 5.82 Å². The molecule has 9 heteroatoms. The first-order valence-corrected chi connectivity index (χ1v) is 8.26. The van der Waals surface area contributed by atoms with Crippen LogP contribution in [-0.4, -0.2) is 31.6 Å². The molecule has 0 aliphatic rings. The van der Waals surface area contributed by atoms with Gasteiger partial charge in [0.05, 0.1) is 18.1 Å². The molecule has 0 saturated heterocycles. The Morgan fingerprint density at radius 3 is 2.39 bits per heavy atom. The summed E-state index contributed by atoms with van der Waals surface area (Å²) in [6.07, 6.45) is 1.04. The van der Waals surface area contributed by atoms with E-state index < -0.39 is 10.0 Å². The maximum absolute atomic E-state index is 12.4. The lowest BCUT2D eigenvalue weighted by molar-refractivity contribution is 0.220. The Morgan fingerprint density at radius 1 is 1.17 bits per heavy atom. The van der Waals surface area contributed by atoms with Crippen LogP contribution in [0.25, 0.3) is 0 Å². The Labute approximate surface area is 134 Å². The van der Waals surface area contributed by atoms with Gasteiger partial charge in [-0.2, -0.15) is 4.98 Å². The van der Waals surface area contributed by atoms with Crippen LogP contribution in [0.3, 0.4) is 0 Å². The third-order valence-corrected chi connectivity index (χ3v) is 4.10. The van der Waals surface area contributed by atoms with Crippen molar-refractivity contribution in [1.82, 2.24) is 9.97 Å². The molecule has 2 rings (SSSR count). The van der Waals surface area contributed by atoms with Crippen molar-refractivity contribution in [3.63, 3.8) is 0 Å². The molecule has 0 spiro atoms. The number of rotatable bonds is 6. The van der Waals surface area contributed by atoms with Crippen LogP contribution in [0.5, 0.6) is 11.6 Å². The topological polar surface area (TPSA) is 116 Å². The van der Waals surface area contributed by atoms with Gasteiger partial charge in [0.1, 0.15) is 6.33 Å². The Kier molecular flexibility index (Phi) is 4.89. The van der Waals surface area contributed by atoms with Crippen LogP contribution >= 0.6 is 0 Å². The standard InChI is InChI=1S/C14H18N4O4S/c1-9(2)22-14-12(21-3)13(16-8-17-14)18-23(19,20)11-6-4-10(15)5-7-11/h4-9H,15H2,1-3H3,(H,16,17,18). The van der Waals surface area contributed by atoms with Crippen molar-refractivity contribution < 1.29 is 17.9 Å². The molecule has 2 aromatic rings. The summed E-state index contributed by atoms with van der Waals surface area (Å²) in [5, 5.41) is 0. The van der Waals surface area contributed by atoms with Gasteiger partial charge in [0.2, 0.25) is 5.75 Å². The number of methoxy groups -OCH3 is 1. The molecular formula is C14H18N4O4S. The molecule has 0 unspecified atom stereocenters. The highest BCUT2D eigenvalue weighted by Crippen LogP contribution is 2.32. The molecule has 0 aliphatic carbocycles. The summed E-state index contributed by atoms with van der Waals surface area (Å²) in [6.45, 7) is 3.64. The van der Waals surface area contributed by atoms with Crippen LogP contribution in [0, 0.1) is 0 Å². The van der Waals surface area contributed by atoms with E-state index in [1.807, 2.05) is 13.8 Å². The second-order valence-corrected chi connectivity index (χ2v) is 6.58. The number of nitrogens with one attached hydrogen (secondary N) is 1. The summed E-state index contributed by atoms with van der Waals surface area (Å²) >= 11 is 0. The van der Waals surface area contributed by atoms with Crippen LogP contribution in [0.15, 0.2) is 35.5 Å². The molecule has 0 radical (unpaired) electrons. The lowest BCUT2D eigenvalue weighted by Crippen LogP contribution is -2.16. The number of benzene rings is 1. The third kappa shape index (κ3) is 4.01. The highest BCUT2D eigenvalue weighted by molar-refractivity contribution is 7.92. The summed E-state index contributed by atoms with van der Waals surface area (Å²) in [5.41, 5.74) is 6.03. The molecule has 0 bridgehead atoms. The predicted molar refractivity (Wildman–Crippen MR) is 86.0 cm³/mol. The van der Waals surface area contributed by atoms with Crippen molar-refractivity contribution in [3.05, 3.63) is 30.6 Å². The van der Waals surface area contributed by atoms with Crippen LogP contribution < -0.4 is 19.9 Å². The average Bonchev–Trinajstić information content (AvgIpc) is 2.47. The molecular weight excluding hydrogens is 320 g/mol. The van der Waals surface area contributed by atoms with Crippen LogP contribution in [0.1, 0.15) is 13.8 Å². The van der Waals surface area contributed by atoms with Crippen molar-refractivity contribution in [2.45, 2.75) is 24.8 Å². The normalized spacial score (nSPS) is 11.3. The van der Waals surface area contributed by atoms with E-state index in [0.29, 0.717) is 5.69 Å². The fourth-order valence-electron chi connectivity index (χ4n) is 1.75. The number of hydrogen-bond donors (Lipinski definition) is 2. The molecule has 0 atom stereocenters. The number of sulfonamides is 1. The highest BCUT2D eigenvalue weighted by atomic mass is 32.2. The van der Waals surface area contributed by atoms with Crippen molar-refractivity contribution >= 4 is 21.5 Å². The zero-order valence-corrected chi connectivity index (χ0v) is 13.8. The number of ether oxygens (including phenoxy) is 2. The van der Waals surface area contributed by atoms with E-state index in [0.717, 1.165) is 0 Å². The second-order valence-electron chi connectivity index (χ2n) is 4.90. The Hall–Kier alpha value is -2.55. The summed E-state index contributed by atoms with van der Waals surface area (Å²) < 4.78 is 37.8. The largest absolute Gasteiger partial charge is 0.489 e. The Morgan fingerprint density at radius 2 is 1.83 bits per heavy atom. The first kappa shape index (κ1) is 16.8. The number of hydrogen-bond acceptors (Lipinski definition) is 7. The molecule has 0 amide bonds. The number of aromatic nitrogens is 2. The van der Waals surface area contributed by atoms with Gasteiger partial charge in [-0.1, -0.05) is 0 Å². The van der Waals surface area contributed by atoms with Crippen molar-refractivity contribution in [1.29, 1.82) is 0 Å². The van der Waals surface area contributed by atoms with E-state index in [4.69, 9.17) is 15.2 Å². The molecule has 1 heterocycles. The Balaban J connectivity index is 2.37. The first-order valence-electron chi connectivity index (χ1n) is 6.77. The number of nitrogen functional groups attached to an aromatic ring is 1. The van der Waals surface area contributed by atoms with E-state index in [-0.39, 0.29) is 28.4 Å². The Bertz CT molecular complexity index is 776. The molecule has 23 heavy (non-hydrogen) atoms. The maximum atomic E-state index is 12.4. The molecule has 8 nitrogen and oxygen atoms in total.